The van der Waals surface area contributed by atoms with Gasteiger partial charge in [-0.05, 0) is 66.1 Å². The van der Waals surface area contributed by atoms with Crippen molar-refractivity contribution in [2.75, 3.05) is 32.3 Å². The summed E-state index contributed by atoms with van der Waals surface area (Å²) in [5, 5.41) is 0. The van der Waals surface area contributed by atoms with Crippen LogP contribution in [0.15, 0.2) is 42.5 Å². The minimum Gasteiger partial charge on any atom is -0.493 e. The molecular weight excluding hydrogens is 512 g/mol. The number of benzene rings is 2. The summed E-state index contributed by atoms with van der Waals surface area (Å²) in [7, 11) is 3.13. The zero-order valence-electron chi connectivity index (χ0n) is 24.3. The normalized spacial score (nSPS) is 19.4. The second-order valence-corrected chi connectivity index (χ2v) is 11.4. The summed E-state index contributed by atoms with van der Waals surface area (Å²) in [6, 6.07) is 10.8. The molecule has 1 atom stereocenters. The summed E-state index contributed by atoms with van der Waals surface area (Å²) < 4.78 is 15.8. The highest BCUT2D eigenvalue weighted by molar-refractivity contribution is 6.23. The van der Waals surface area contributed by atoms with Gasteiger partial charge in [-0.25, -0.2) is 9.69 Å². The Labute approximate surface area is 235 Å². The standard InChI is InChI=1S/C31H38N2O7/c1-8-40-29(37)20-10-12-21(13-11-20)33-25(34)18-22(27(33)35)32(28(36)26-30(2,3)31(26,4)5)16-15-19-9-14-23(38-6)24(17-19)39-7/h9-14,17,22,26H,8,15-16,18H2,1-7H3. The molecule has 9 heteroatoms. The molecule has 1 saturated heterocycles. The summed E-state index contributed by atoms with van der Waals surface area (Å²) in [4.78, 5) is 55.6. The first-order chi connectivity index (χ1) is 18.9. The molecule has 1 heterocycles. The lowest BCUT2D eigenvalue weighted by Gasteiger charge is -2.29. The van der Waals surface area contributed by atoms with Gasteiger partial charge in [-0.15, -0.1) is 0 Å². The van der Waals surface area contributed by atoms with E-state index in [0.717, 1.165) is 10.5 Å². The topological polar surface area (TPSA) is 102 Å². The molecule has 1 saturated carbocycles. The van der Waals surface area contributed by atoms with Crippen LogP contribution in [0.2, 0.25) is 0 Å². The molecular formula is C31H38N2O7. The zero-order chi connectivity index (χ0) is 29.4. The number of imide groups is 1. The van der Waals surface area contributed by atoms with Crippen molar-refractivity contribution in [3.8, 4) is 11.5 Å². The van der Waals surface area contributed by atoms with Crippen molar-refractivity contribution in [2.24, 2.45) is 16.7 Å². The monoisotopic (exact) mass is 550 g/mol. The van der Waals surface area contributed by atoms with Gasteiger partial charge in [-0.3, -0.25) is 14.4 Å². The molecule has 3 amide bonds. The number of amides is 3. The van der Waals surface area contributed by atoms with E-state index in [1.54, 1.807) is 44.2 Å². The fraction of sp³-hybridized carbons (Fsp3) is 0.484. The van der Waals surface area contributed by atoms with Crippen LogP contribution in [0.3, 0.4) is 0 Å². The van der Waals surface area contributed by atoms with Gasteiger partial charge < -0.3 is 19.1 Å². The Morgan fingerprint density at radius 1 is 0.950 bits per heavy atom. The Hall–Kier alpha value is -3.88. The Morgan fingerprint density at radius 2 is 1.57 bits per heavy atom. The van der Waals surface area contributed by atoms with Gasteiger partial charge in [0.2, 0.25) is 11.8 Å². The number of methoxy groups -OCH3 is 2. The molecule has 1 unspecified atom stereocenters. The van der Waals surface area contributed by atoms with E-state index in [4.69, 9.17) is 14.2 Å². The third-order valence-corrected chi connectivity index (χ3v) is 8.78. The maximum Gasteiger partial charge on any atom is 0.338 e. The second-order valence-electron chi connectivity index (χ2n) is 11.4. The van der Waals surface area contributed by atoms with Gasteiger partial charge in [0.15, 0.2) is 11.5 Å². The van der Waals surface area contributed by atoms with Crippen LogP contribution >= 0.6 is 0 Å². The van der Waals surface area contributed by atoms with Crippen molar-refractivity contribution in [1.82, 2.24) is 4.90 Å². The number of ether oxygens (including phenoxy) is 3. The van der Waals surface area contributed by atoms with Crippen molar-refractivity contribution < 1.29 is 33.4 Å². The minimum absolute atomic E-state index is 0.107. The first-order valence-electron chi connectivity index (χ1n) is 13.5. The van der Waals surface area contributed by atoms with Gasteiger partial charge in [0.05, 0.1) is 38.5 Å². The van der Waals surface area contributed by atoms with E-state index in [9.17, 15) is 19.2 Å². The Morgan fingerprint density at radius 3 is 2.12 bits per heavy atom. The minimum atomic E-state index is -0.919. The Bertz CT molecular complexity index is 1300. The van der Waals surface area contributed by atoms with Gasteiger partial charge in [-0.1, -0.05) is 33.8 Å². The molecule has 2 fully saturated rings. The van der Waals surface area contributed by atoms with Crippen molar-refractivity contribution >= 4 is 29.4 Å². The van der Waals surface area contributed by atoms with Gasteiger partial charge in [-0.2, -0.15) is 0 Å². The molecule has 214 valence electrons. The number of rotatable bonds is 10. The molecule has 1 aliphatic heterocycles. The average Bonchev–Trinajstić information content (AvgIpc) is 3.15. The summed E-state index contributed by atoms with van der Waals surface area (Å²) in [6.07, 6.45) is 0.357. The lowest BCUT2D eigenvalue weighted by molar-refractivity contribution is -0.140. The molecule has 40 heavy (non-hydrogen) atoms. The lowest BCUT2D eigenvalue weighted by Crippen LogP contribution is -2.47. The quantitative estimate of drug-likeness (QED) is 0.322. The summed E-state index contributed by atoms with van der Waals surface area (Å²) in [5.74, 6) is -0.545. The predicted octanol–water partition coefficient (Wildman–Crippen LogP) is 4.27. The molecule has 0 spiro atoms. The van der Waals surface area contributed by atoms with Crippen LogP contribution in [0.25, 0.3) is 0 Å². The zero-order valence-corrected chi connectivity index (χ0v) is 24.3. The van der Waals surface area contributed by atoms with E-state index < -0.39 is 23.8 Å². The lowest BCUT2D eigenvalue weighted by atomic mass is 10.0. The summed E-state index contributed by atoms with van der Waals surface area (Å²) in [6.45, 7) is 10.4. The molecule has 4 rings (SSSR count). The molecule has 2 aromatic carbocycles. The molecule has 9 nitrogen and oxygen atoms in total. The van der Waals surface area contributed by atoms with Crippen molar-refractivity contribution in [3.63, 3.8) is 0 Å². The number of hydrogen-bond donors (Lipinski definition) is 0. The number of anilines is 1. The Kier molecular flexibility index (Phi) is 7.97. The summed E-state index contributed by atoms with van der Waals surface area (Å²) >= 11 is 0. The van der Waals surface area contributed by atoms with Gasteiger partial charge in [0.1, 0.15) is 6.04 Å². The highest BCUT2D eigenvalue weighted by Gasteiger charge is 2.69. The Balaban J connectivity index is 1.60. The van der Waals surface area contributed by atoms with Crippen molar-refractivity contribution in [1.29, 1.82) is 0 Å². The molecule has 1 aliphatic carbocycles. The van der Waals surface area contributed by atoms with Gasteiger partial charge >= 0.3 is 5.97 Å². The van der Waals surface area contributed by atoms with Crippen LogP contribution in [0.1, 0.15) is 57.0 Å². The highest BCUT2D eigenvalue weighted by Crippen LogP contribution is 2.69. The number of hydrogen-bond acceptors (Lipinski definition) is 7. The maximum atomic E-state index is 14.0. The highest BCUT2D eigenvalue weighted by atomic mass is 16.5. The van der Waals surface area contributed by atoms with Crippen LogP contribution < -0.4 is 14.4 Å². The van der Waals surface area contributed by atoms with Crippen LogP contribution in [-0.2, 0) is 25.5 Å². The third kappa shape index (κ3) is 5.05. The van der Waals surface area contributed by atoms with E-state index in [0.29, 0.717) is 29.2 Å². The largest absolute Gasteiger partial charge is 0.493 e. The fourth-order valence-electron chi connectivity index (χ4n) is 5.78. The SMILES string of the molecule is CCOC(=O)c1ccc(N2C(=O)CC(N(CCc3ccc(OC)c(OC)c3)C(=O)C3C(C)(C)C3(C)C)C2=O)cc1. The third-order valence-electron chi connectivity index (χ3n) is 8.78. The molecule has 2 aromatic rings. The van der Waals surface area contributed by atoms with Crippen LogP contribution in [0, 0.1) is 16.7 Å². The van der Waals surface area contributed by atoms with Crippen LogP contribution in [-0.4, -0.2) is 62.0 Å². The molecule has 0 aromatic heterocycles. The average molecular weight is 551 g/mol. The van der Waals surface area contributed by atoms with E-state index in [-0.39, 0.29) is 42.2 Å². The van der Waals surface area contributed by atoms with Gasteiger partial charge in [0.25, 0.3) is 5.91 Å². The number of esters is 1. The maximum absolute atomic E-state index is 14.0. The van der Waals surface area contributed by atoms with Crippen LogP contribution in [0.5, 0.6) is 11.5 Å². The van der Waals surface area contributed by atoms with Crippen molar-refractivity contribution in [2.45, 2.75) is 53.5 Å². The van der Waals surface area contributed by atoms with E-state index in [1.807, 2.05) is 12.1 Å². The first kappa shape index (κ1) is 29.1. The van der Waals surface area contributed by atoms with Crippen molar-refractivity contribution in [3.05, 3.63) is 53.6 Å². The molecule has 0 N–H and O–H groups in total. The first-order valence-corrected chi connectivity index (χ1v) is 13.5. The number of carbonyl (C=O) groups excluding carboxylic acids is 4. The molecule has 0 bridgehead atoms. The van der Waals surface area contributed by atoms with E-state index in [1.165, 1.54) is 12.1 Å². The smallest absolute Gasteiger partial charge is 0.338 e. The van der Waals surface area contributed by atoms with E-state index >= 15 is 0 Å². The predicted molar refractivity (Wildman–Crippen MR) is 149 cm³/mol. The molecule has 2 aliphatic rings. The second kappa shape index (κ2) is 10.9. The number of nitrogens with zero attached hydrogens (tertiary/aromatic N) is 2. The number of carbonyl (C=O) groups is 4. The molecule has 0 radical (unpaired) electrons. The summed E-state index contributed by atoms with van der Waals surface area (Å²) in [5.41, 5.74) is 1.11. The van der Waals surface area contributed by atoms with Crippen LogP contribution in [0.4, 0.5) is 5.69 Å². The van der Waals surface area contributed by atoms with Gasteiger partial charge in [0, 0.05) is 12.5 Å². The van der Waals surface area contributed by atoms with E-state index in [2.05, 4.69) is 27.7 Å². The fourth-order valence-corrected chi connectivity index (χ4v) is 5.78.